The Morgan fingerprint density at radius 1 is 0.792 bits per heavy atom. The van der Waals surface area contributed by atoms with Crippen molar-refractivity contribution >= 4 is 46.0 Å². The first-order chi connectivity index (χ1) is 25.7. The van der Waals surface area contributed by atoms with Gasteiger partial charge in [0.15, 0.2) is 11.4 Å². The van der Waals surface area contributed by atoms with Crippen LogP contribution in [0.3, 0.4) is 0 Å². The van der Waals surface area contributed by atoms with E-state index in [4.69, 9.17) is 9.47 Å². The molecule has 8 N–H and O–H groups in total. The van der Waals surface area contributed by atoms with Gasteiger partial charge in [-0.3, -0.25) is 9.59 Å². The number of hydrogen-bond acceptors (Lipinski definition) is 12. The van der Waals surface area contributed by atoms with Gasteiger partial charge >= 0.3 is 11.4 Å². The number of azo groups is 2. The molecule has 5 aromatic rings. The van der Waals surface area contributed by atoms with Gasteiger partial charge in [0, 0.05) is 17.1 Å². The minimum Gasteiger partial charge on any atom is -0.513 e. The first-order valence-corrected chi connectivity index (χ1v) is 16.0. The van der Waals surface area contributed by atoms with E-state index < -0.39 is 11.8 Å². The van der Waals surface area contributed by atoms with Gasteiger partial charge in [0.25, 0.3) is 11.8 Å². The van der Waals surface area contributed by atoms with Crippen molar-refractivity contribution in [2.45, 2.75) is 19.8 Å². The molecule has 0 spiro atoms. The number of H-pyrrole nitrogens is 4. The van der Waals surface area contributed by atoms with Crippen molar-refractivity contribution in [2.24, 2.45) is 20.5 Å². The molecule has 6 rings (SSSR count). The predicted octanol–water partition coefficient (Wildman–Crippen LogP) is 5.43. The van der Waals surface area contributed by atoms with E-state index in [1.807, 2.05) is 0 Å². The molecule has 3 aromatic carbocycles. The maximum atomic E-state index is 13.0. The van der Waals surface area contributed by atoms with Gasteiger partial charge in [-0.05, 0) is 68.3 Å². The number of imidazole rings is 2. The molecular weight excluding hydrogens is 688 g/mol. The lowest BCUT2D eigenvalue weighted by Crippen LogP contribution is -2.26. The maximum absolute atomic E-state index is 13.0. The van der Waals surface area contributed by atoms with Crippen LogP contribution in [0.1, 0.15) is 24.7 Å². The van der Waals surface area contributed by atoms with E-state index in [-0.39, 0.29) is 53.1 Å². The van der Waals surface area contributed by atoms with Gasteiger partial charge in [-0.25, -0.2) is 9.59 Å². The summed E-state index contributed by atoms with van der Waals surface area (Å²) >= 11 is 0. The van der Waals surface area contributed by atoms with E-state index in [0.29, 0.717) is 58.7 Å². The monoisotopic (exact) mass is 720 g/mol. The molecule has 53 heavy (non-hydrogen) atoms. The molecule has 0 aliphatic heterocycles. The quantitative estimate of drug-likeness (QED) is 0.0336. The number of carbonyl (C=O) groups is 2. The Morgan fingerprint density at radius 3 is 2.11 bits per heavy atom. The Morgan fingerprint density at radius 2 is 1.43 bits per heavy atom. The second-order valence-corrected chi connectivity index (χ2v) is 11.4. The van der Waals surface area contributed by atoms with Crippen LogP contribution < -0.4 is 31.5 Å². The first kappa shape index (κ1) is 35.3. The standard InChI is InChI=1S/C35H32N10O8/c1-19(47)31(33(49)37-21-11-13-23-27(17-21)41-35(51)39-23)45-43-25-7-3-5-9-30(25)53-15-14-52-29-8-4-2-6-24(29)42-44-28(18-46)32(48)36-20-10-12-22-26(16-20)40-34(50)38-22/h2-10,12,16-18,46-47H,11,13-15H2,1H3,(H,36,48)(H,37,49)(H2,38,40,50)(H2,39,41,51). The summed E-state index contributed by atoms with van der Waals surface area (Å²) in [5, 5.41) is 41.3. The van der Waals surface area contributed by atoms with Gasteiger partial charge in [0.05, 0.1) is 16.7 Å². The van der Waals surface area contributed by atoms with Crippen LogP contribution in [0.4, 0.5) is 17.1 Å². The Kier molecular flexibility index (Phi) is 10.7. The van der Waals surface area contributed by atoms with Crippen LogP contribution in [-0.2, 0) is 16.0 Å². The Bertz CT molecular complexity index is 2440. The summed E-state index contributed by atoms with van der Waals surface area (Å²) in [4.78, 5) is 59.4. The number of nitrogens with one attached hydrogen (secondary N) is 6. The Hall–Kier alpha value is -7.50. The lowest BCUT2D eigenvalue weighted by atomic mass is 10.1. The molecule has 1 aliphatic carbocycles. The Labute approximate surface area is 298 Å². The van der Waals surface area contributed by atoms with E-state index in [1.165, 1.54) is 6.92 Å². The second kappa shape index (κ2) is 16.0. The van der Waals surface area contributed by atoms with Crippen molar-refractivity contribution in [2.75, 3.05) is 18.5 Å². The van der Waals surface area contributed by atoms with E-state index in [0.717, 1.165) is 5.69 Å². The molecule has 0 saturated carbocycles. The fraction of sp³-hybridized carbons (Fsp3) is 0.143. The predicted molar refractivity (Wildman–Crippen MR) is 192 cm³/mol. The summed E-state index contributed by atoms with van der Waals surface area (Å²) in [6.45, 7) is 1.42. The summed E-state index contributed by atoms with van der Waals surface area (Å²) < 4.78 is 11.7. The molecule has 270 valence electrons. The van der Waals surface area contributed by atoms with Gasteiger partial charge in [-0.15, -0.1) is 20.5 Å². The van der Waals surface area contributed by atoms with Crippen molar-refractivity contribution in [3.63, 3.8) is 0 Å². The lowest BCUT2D eigenvalue weighted by molar-refractivity contribution is -0.117. The highest BCUT2D eigenvalue weighted by Crippen LogP contribution is 2.30. The highest BCUT2D eigenvalue weighted by molar-refractivity contribution is 6.04. The van der Waals surface area contributed by atoms with Crippen molar-refractivity contribution < 1.29 is 29.3 Å². The average molecular weight is 721 g/mol. The lowest BCUT2D eigenvalue weighted by Gasteiger charge is -2.14. The van der Waals surface area contributed by atoms with Gasteiger partial charge < -0.3 is 50.3 Å². The fourth-order valence-electron chi connectivity index (χ4n) is 5.12. The highest BCUT2D eigenvalue weighted by Gasteiger charge is 2.19. The largest absolute Gasteiger partial charge is 0.513 e. The molecule has 18 nitrogen and oxygen atoms in total. The number of hydrogen-bond donors (Lipinski definition) is 8. The fourth-order valence-corrected chi connectivity index (χ4v) is 5.12. The first-order valence-electron chi connectivity index (χ1n) is 16.0. The second-order valence-electron chi connectivity index (χ2n) is 11.4. The van der Waals surface area contributed by atoms with Gasteiger partial charge in [-0.1, -0.05) is 24.3 Å². The molecule has 0 atom stereocenters. The van der Waals surface area contributed by atoms with Gasteiger partial charge in [0.2, 0.25) is 0 Å². The number of fused-ring (bicyclic) bond motifs is 2. The average Bonchev–Trinajstić information content (AvgIpc) is 3.70. The third-order valence-electron chi connectivity index (χ3n) is 7.61. The number of nitrogens with zero attached hydrogens (tertiary/aromatic N) is 4. The topological polar surface area (TPSA) is 264 Å². The van der Waals surface area contributed by atoms with Crippen molar-refractivity contribution in [1.29, 1.82) is 0 Å². The molecule has 0 fully saturated rings. The number of amides is 2. The number of para-hydroxylation sites is 2. The summed E-state index contributed by atoms with van der Waals surface area (Å²) in [5.41, 5.74) is 2.39. The number of aliphatic hydroxyl groups is 2. The minimum atomic E-state index is -0.746. The molecule has 0 radical (unpaired) electrons. The van der Waals surface area contributed by atoms with Crippen LogP contribution in [0.15, 0.2) is 126 Å². The molecule has 18 heteroatoms. The number of aryl methyl sites for hydroxylation is 1. The van der Waals surface area contributed by atoms with Crippen LogP contribution in [-0.4, -0.2) is 55.2 Å². The smallest absolute Gasteiger partial charge is 0.323 e. The number of aromatic amines is 4. The number of rotatable bonds is 13. The molecular formula is C35H32N10O8. The number of aliphatic hydroxyl groups excluding tert-OH is 2. The van der Waals surface area contributed by atoms with E-state index >= 15 is 0 Å². The molecule has 2 aromatic heterocycles. The van der Waals surface area contributed by atoms with Crippen molar-refractivity contribution in [3.05, 3.63) is 128 Å². The zero-order valence-corrected chi connectivity index (χ0v) is 28.0. The molecule has 2 heterocycles. The molecule has 0 saturated heterocycles. The normalized spacial score (nSPS) is 13.5. The number of allylic oxidation sites excluding steroid dienone is 2. The summed E-state index contributed by atoms with van der Waals surface area (Å²) in [5.74, 6) is -1.13. The van der Waals surface area contributed by atoms with Crippen LogP contribution in [0.2, 0.25) is 0 Å². The molecule has 2 amide bonds. The van der Waals surface area contributed by atoms with Crippen molar-refractivity contribution in [3.8, 4) is 11.5 Å². The third kappa shape index (κ3) is 8.81. The number of benzene rings is 3. The molecule has 0 bridgehead atoms. The van der Waals surface area contributed by atoms with E-state index in [9.17, 15) is 29.4 Å². The van der Waals surface area contributed by atoms with Gasteiger partial charge in [-0.2, -0.15) is 0 Å². The summed E-state index contributed by atoms with van der Waals surface area (Å²) in [7, 11) is 0. The number of carbonyl (C=O) groups excluding carboxylic acids is 2. The molecule has 1 aliphatic rings. The zero-order valence-electron chi connectivity index (χ0n) is 28.0. The Balaban J connectivity index is 1.04. The van der Waals surface area contributed by atoms with Crippen molar-refractivity contribution in [1.82, 2.24) is 25.3 Å². The SMILES string of the molecule is CC(O)=C(N=Nc1ccccc1OCCOc1ccccc1N=NC(=CO)C(=O)Nc1ccc2[nH]c(=O)[nH]c2c1)C(=O)NC1=Cc2[nH]c(=O)[nH]c2CC1. The summed E-state index contributed by atoms with van der Waals surface area (Å²) in [6.07, 6.45) is 3.14. The number of anilines is 1. The van der Waals surface area contributed by atoms with Crippen LogP contribution in [0.25, 0.3) is 17.1 Å². The maximum Gasteiger partial charge on any atom is 0.323 e. The van der Waals surface area contributed by atoms with Crippen LogP contribution in [0.5, 0.6) is 11.5 Å². The zero-order chi connectivity index (χ0) is 37.3. The van der Waals surface area contributed by atoms with E-state index in [2.05, 4.69) is 51.0 Å². The number of ether oxygens (including phenoxy) is 2. The van der Waals surface area contributed by atoms with Crippen LogP contribution in [0, 0.1) is 0 Å². The van der Waals surface area contributed by atoms with Gasteiger partial charge in [0.1, 0.15) is 48.1 Å². The van der Waals surface area contributed by atoms with Crippen LogP contribution >= 0.6 is 0 Å². The highest BCUT2D eigenvalue weighted by atomic mass is 16.5. The van der Waals surface area contributed by atoms with E-state index in [1.54, 1.807) is 72.8 Å². The minimum absolute atomic E-state index is 0.0530. The summed E-state index contributed by atoms with van der Waals surface area (Å²) in [6, 6.07) is 18.1. The third-order valence-corrected chi connectivity index (χ3v) is 7.61. The number of aromatic nitrogens is 4. The molecule has 0 unspecified atom stereocenters.